The molecule has 0 aliphatic heterocycles. The number of anilines is 2. The first-order valence-corrected chi connectivity index (χ1v) is 9.30. The second kappa shape index (κ2) is 6.78. The number of rotatable bonds is 4. The van der Waals surface area contributed by atoms with Gasteiger partial charge in [0.15, 0.2) is 9.84 Å². The molecule has 2 aromatic carbocycles. The Morgan fingerprint density at radius 2 is 1.65 bits per heavy atom. The fourth-order valence-electron chi connectivity index (χ4n) is 1.91. The molecule has 0 aromatic heterocycles. The van der Waals surface area contributed by atoms with E-state index in [1.54, 1.807) is 24.3 Å². The van der Waals surface area contributed by atoms with E-state index >= 15 is 0 Å². The van der Waals surface area contributed by atoms with Crippen LogP contribution in [0.3, 0.4) is 0 Å². The molecule has 0 radical (unpaired) electrons. The maximum absolute atomic E-state index is 12.2. The highest BCUT2D eigenvalue weighted by Gasteiger charge is 2.11. The van der Waals surface area contributed by atoms with Crippen LogP contribution in [0, 0.1) is 0 Å². The van der Waals surface area contributed by atoms with E-state index in [-0.39, 0.29) is 27.4 Å². The number of carbonyl (C=O) groups is 1. The Morgan fingerprint density at radius 1 is 1.13 bits per heavy atom. The first kappa shape index (κ1) is 17.6. The highest BCUT2D eigenvalue weighted by molar-refractivity contribution is 7.89. The summed E-state index contributed by atoms with van der Waals surface area (Å²) in [5.74, 6) is -0.439. The Balaban J connectivity index is 2.15. The van der Waals surface area contributed by atoms with Crippen molar-refractivity contribution >= 4 is 50.3 Å². The minimum absolute atomic E-state index is 0.0714. The molecule has 0 aliphatic rings. The number of nitrogen functional groups attached to an aromatic ring is 1. The molecule has 0 saturated heterocycles. The molecule has 0 spiro atoms. The summed E-state index contributed by atoms with van der Waals surface area (Å²) in [6.45, 7) is 0. The van der Waals surface area contributed by atoms with Gasteiger partial charge in [0.25, 0.3) is 5.91 Å². The summed E-state index contributed by atoms with van der Waals surface area (Å²) in [5, 5.41) is 3.15. The van der Waals surface area contributed by atoms with Crippen LogP contribution in [-0.4, -0.2) is 20.6 Å². The number of hydrogen-bond donors (Lipinski definition) is 2. The number of benzene rings is 2. The molecule has 23 heavy (non-hydrogen) atoms. The van der Waals surface area contributed by atoms with E-state index in [9.17, 15) is 13.2 Å². The van der Waals surface area contributed by atoms with Gasteiger partial charge in [-0.3, -0.25) is 4.79 Å². The van der Waals surface area contributed by atoms with Gasteiger partial charge in [-0.2, -0.15) is 0 Å². The Kier molecular flexibility index (Phi) is 5.19. The summed E-state index contributed by atoms with van der Waals surface area (Å²) in [5.41, 5.74) is 7.29. The van der Waals surface area contributed by atoms with E-state index in [4.69, 9.17) is 28.9 Å². The van der Waals surface area contributed by atoms with Gasteiger partial charge in [0.05, 0.1) is 21.5 Å². The van der Waals surface area contributed by atoms with Crippen molar-refractivity contribution in [2.24, 2.45) is 0 Å². The van der Waals surface area contributed by atoms with Gasteiger partial charge in [0.2, 0.25) is 0 Å². The van der Waals surface area contributed by atoms with Crippen LogP contribution in [0.15, 0.2) is 36.4 Å². The lowest BCUT2D eigenvalue weighted by atomic mass is 10.1. The lowest BCUT2D eigenvalue weighted by molar-refractivity contribution is 0.102. The Bertz CT molecular complexity index is 827. The molecule has 0 saturated carbocycles. The third-order valence-electron chi connectivity index (χ3n) is 2.98. The van der Waals surface area contributed by atoms with E-state index in [1.807, 2.05) is 0 Å². The van der Waals surface area contributed by atoms with Crippen molar-refractivity contribution in [2.75, 3.05) is 17.3 Å². The molecule has 0 aliphatic carbocycles. The van der Waals surface area contributed by atoms with Gasteiger partial charge in [0, 0.05) is 17.5 Å². The second-order valence-electron chi connectivity index (χ2n) is 5.07. The van der Waals surface area contributed by atoms with E-state index in [0.717, 1.165) is 6.26 Å². The highest BCUT2D eigenvalue weighted by Crippen LogP contribution is 2.31. The summed E-state index contributed by atoms with van der Waals surface area (Å²) in [4.78, 5) is 12.2. The predicted molar refractivity (Wildman–Crippen MR) is 93.8 cm³/mol. The second-order valence-corrected chi connectivity index (χ2v) is 8.03. The minimum atomic E-state index is -3.11. The van der Waals surface area contributed by atoms with E-state index in [2.05, 4.69) is 5.32 Å². The monoisotopic (exact) mass is 372 g/mol. The molecule has 1 amide bonds. The number of hydrogen-bond acceptors (Lipinski definition) is 4. The predicted octanol–water partition coefficient (Wildman–Crippen LogP) is 3.37. The van der Waals surface area contributed by atoms with Crippen LogP contribution in [-0.2, 0) is 15.6 Å². The molecule has 0 unspecified atom stereocenters. The number of carbonyl (C=O) groups excluding carboxylic acids is 1. The van der Waals surface area contributed by atoms with Gasteiger partial charge >= 0.3 is 0 Å². The van der Waals surface area contributed by atoms with E-state index in [0.29, 0.717) is 16.8 Å². The normalized spacial score (nSPS) is 11.3. The molecule has 2 aromatic rings. The van der Waals surface area contributed by atoms with E-state index in [1.165, 1.54) is 12.1 Å². The number of halogens is 2. The van der Waals surface area contributed by atoms with Crippen LogP contribution in [0.4, 0.5) is 11.4 Å². The Labute approximate surface area is 144 Å². The van der Waals surface area contributed by atoms with Gasteiger partial charge in [-0.25, -0.2) is 8.42 Å². The molecule has 2 rings (SSSR count). The Hall–Kier alpha value is -1.76. The summed E-state index contributed by atoms with van der Waals surface area (Å²) in [6.07, 6.45) is 1.15. The highest BCUT2D eigenvalue weighted by atomic mass is 35.5. The van der Waals surface area contributed by atoms with Crippen LogP contribution in [0.1, 0.15) is 15.9 Å². The fraction of sp³-hybridized carbons (Fsp3) is 0.133. The van der Waals surface area contributed by atoms with Crippen molar-refractivity contribution in [2.45, 2.75) is 5.75 Å². The molecular weight excluding hydrogens is 359 g/mol. The fourth-order valence-corrected chi connectivity index (χ4v) is 3.20. The number of nitrogens with one attached hydrogen (secondary N) is 1. The van der Waals surface area contributed by atoms with Crippen molar-refractivity contribution in [3.8, 4) is 0 Å². The van der Waals surface area contributed by atoms with Crippen molar-refractivity contribution in [3.63, 3.8) is 0 Å². The maximum Gasteiger partial charge on any atom is 0.255 e. The average molecular weight is 373 g/mol. The summed E-state index contributed by atoms with van der Waals surface area (Å²) in [6, 6.07) is 9.29. The van der Waals surface area contributed by atoms with Crippen LogP contribution < -0.4 is 11.1 Å². The van der Waals surface area contributed by atoms with Gasteiger partial charge in [-0.15, -0.1) is 0 Å². The van der Waals surface area contributed by atoms with Gasteiger partial charge in [-0.05, 0) is 29.8 Å². The average Bonchev–Trinajstić information content (AvgIpc) is 2.43. The Morgan fingerprint density at radius 3 is 2.13 bits per heavy atom. The zero-order valence-electron chi connectivity index (χ0n) is 12.1. The topological polar surface area (TPSA) is 89.3 Å². The third-order valence-corrected chi connectivity index (χ3v) is 4.47. The summed E-state index contributed by atoms with van der Waals surface area (Å²) in [7, 11) is -3.11. The standard InChI is InChI=1S/C15H14Cl2N2O3S/c1-23(21,22)8-9-2-4-10(5-3-9)15(20)19-11-6-12(16)14(18)13(17)7-11/h2-7H,8,18H2,1H3,(H,19,20). The summed E-state index contributed by atoms with van der Waals surface area (Å²) >= 11 is 11.8. The largest absolute Gasteiger partial charge is 0.396 e. The quantitative estimate of drug-likeness (QED) is 0.805. The van der Waals surface area contributed by atoms with Gasteiger partial charge in [-0.1, -0.05) is 35.3 Å². The van der Waals surface area contributed by atoms with Crippen LogP contribution >= 0.6 is 23.2 Å². The van der Waals surface area contributed by atoms with Crippen LogP contribution in [0.2, 0.25) is 10.0 Å². The van der Waals surface area contributed by atoms with Crippen LogP contribution in [0.25, 0.3) is 0 Å². The zero-order valence-corrected chi connectivity index (χ0v) is 14.5. The SMILES string of the molecule is CS(=O)(=O)Cc1ccc(C(=O)Nc2cc(Cl)c(N)c(Cl)c2)cc1. The number of amides is 1. The summed E-state index contributed by atoms with van der Waals surface area (Å²) < 4.78 is 22.5. The van der Waals surface area contributed by atoms with Crippen molar-refractivity contribution in [1.29, 1.82) is 0 Å². The van der Waals surface area contributed by atoms with Gasteiger partial charge in [0.1, 0.15) is 0 Å². The maximum atomic E-state index is 12.2. The van der Waals surface area contributed by atoms with Crippen molar-refractivity contribution in [3.05, 3.63) is 57.6 Å². The first-order chi connectivity index (χ1) is 10.7. The molecule has 5 nitrogen and oxygen atoms in total. The molecule has 0 fully saturated rings. The van der Waals surface area contributed by atoms with E-state index < -0.39 is 9.84 Å². The molecule has 8 heteroatoms. The van der Waals surface area contributed by atoms with Gasteiger partial charge < -0.3 is 11.1 Å². The lowest BCUT2D eigenvalue weighted by Gasteiger charge is -2.09. The third kappa shape index (κ3) is 4.86. The number of sulfone groups is 1. The number of nitrogens with two attached hydrogens (primary N) is 1. The lowest BCUT2D eigenvalue weighted by Crippen LogP contribution is -2.12. The molecule has 122 valence electrons. The first-order valence-electron chi connectivity index (χ1n) is 6.48. The smallest absolute Gasteiger partial charge is 0.255 e. The van der Waals surface area contributed by atoms with Crippen molar-refractivity contribution in [1.82, 2.24) is 0 Å². The minimum Gasteiger partial charge on any atom is -0.396 e. The van der Waals surface area contributed by atoms with Crippen molar-refractivity contribution < 1.29 is 13.2 Å². The van der Waals surface area contributed by atoms with Crippen LogP contribution in [0.5, 0.6) is 0 Å². The molecule has 0 bridgehead atoms. The molecular formula is C15H14Cl2N2O3S. The molecule has 0 heterocycles. The zero-order chi connectivity index (χ0) is 17.2. The molecule has 3 N–H and O–H groups in total. The molecule has 0 atom stereocenters.